The van der Waals surface area contributed by atoms with Crippen LogP contribution in [0.4, 0.5) is 0 Å². The molecule has 0 radical (unpaired) electrons. The summed E-state index contributed by atoms with van der Waals surface area (Å²) in [7, 11) is 1.45. The zero-order valence-corrected chi connectivity index (χ0v) is 11.7. The van der Waals surface area contributed by atoms with Gasteiger partial charge in [-0.25, -0.2) is 4.98 Å². The summed E-state index contributed by atoms with van der Waals surface area (Å²) in [6, 6.07) is 7.20. The first-order chi connectivity index (χ1) is 8.27. The van der Waals surface area contributed by atoms with E-state index in [-0.39, 0.29) is 5.56 Å². The molecule has 0 fully saturated rings. The highest BCUT2D eigenvalue weighted by molar-refractivity contribution is 9.08. The van der Waals surface area contributed by atoms with Gasteiger partial charge in [-0.2, -0.15) is 0 Å². The molecule has 0 aliphatic heterocycles. The van der Waals surface area contributed by atoms with Crippen molar-refractivity contribution in [1.82, 2.24) is 9.71 Å². The highest BCUT2D eigenvalue weighted by Crippen LogP contribution is 2.08. The van der Waals surface area contributed by atoms with Gasteiger partial charge in [0.25, 0.3) is 5.56 Å². The zero-order valence-electron chi connectivity index (χ0n) is 10.1. The van der Waals surface area contributed by atoms with E-state index < -0.39 is 0 Å². The maximum absolute atomic E-state index is 11.9. The summed E-state index contributed by atoms with van der Waals surface area (Å²) in [5.74, 6) is 0.557. The second-order valence-electron chi connectivity index (χ2n) is 2.96. The number of rotatable bonds is 2. The fourth-order valence-electron chi connectivity index (χ4n) is 1.44. The highest BCUT2D eigenvalue weighted by Gasteiger charge is 2.09. The van der Waals surface area contributed by atoms with Gasteiger partial charge in [0.05, 0.1) is 16.2 Å². The molecule has 0 N–H and O–H groups in total. The van der Waals surface area contributed by atoms with E-state index in [9.17, 15) is 4.79 Å². The molecule has 17 heavy (non-hydrogen) atoms. The third kappa shape index (κ3) is 2.66. The minimum absolute atomic E-state index is 0.183. The number of aromatic nitrogens is 2. The van der Waals surface area contributed by atoms with Crippen molar-refractivity contribution in [1.29, 1.82) is 0 Å². The smallest absolute Gasteiger partial charge is 0.294 e. The summed E-state index contributed by atoms with van der Waals surface area (Å²) in [5, 5.41) is 1.03. The quantitative estimate of drug-likeness (QED) is 0.800. The number of para-hydroxylation sites is 1. The van der Waals surface area contributed by atoms with Crippen LogP contribution in [0.5, 0.6) is 0 Å². The van der Waals surface area contributed by atoms with Crippen molar-refractivity contribution in [2.75, 3.05) is 7.11 Å². The molecule has 92 valence electrons. The molecule has 0 aliphatic carbocycles. The van der Waals surface area contributed by atoms with Crippen molar-refractivity contribution in [2.45, 2.75) is 19.2 Å². The third-order valence-electron chi connectivity index (χ3n) is 2.10. The summed E-state index contributed by atoms with van der Waals surface area (Å²) < 4.78 is 1.19. The van der Waals surface area contributed by atoms with Gasteiger partial charge in [0.1, 0.15) is 7.11 Å². The lowest BCUT2D eigenvalue weighted by molar-refractivity contribution is 0.149. The highest BCUT2D eigenvalue weighted by atomic mass is 79.9. The first-order valence-corrected chi connectivity index (χ1v) is 6.51. The maximum atomic E-state index is 11.9. The van der Waals surface area contributed by atoms with E-state index in [2.05, 4.69) is 20.9 Å². The van der Waals surface area contributed by atoms with Crippen LogP contribution in [-0.4, -0.2) is 16.8 Å². The monoisotopic (exact) mass is 298 g/mol. The Morgan fingerprint density at radius 3 is 2.59 bits per heavy atom. The predicted molar refractivity (Wildman–Crippen MR) is 72.5 cm³/mol. The standard InChI is InChI=1S/C10H9BrN2O2.C2H6/c1-15-13-9(6-11)12-8-5-3-2-4-7(8)10(13)14;1-2/h2-5H,6H2,1H3;1-2H3. The Bertz CT molecular complexity index is 552. The van der Waals surface area contributed by atoms with E-state index in [0.717, 1.165) is 0 Å². The summed E-state index contributed by atoms with van der Waals surface area (Å²) in [6.45, 7) is 4.00. The van der Waals surface area contributed by atoms with Crippen molar-refractivity contribution in [3.8, 4) is 0 Å². The average molecular weight is 299 g/mol. The molecule has 1 aromatic heterocycles. The van der Waals surface area contributed by atoms with E-state index in [1.165, 1.54) is 11.8 Å². The number of benzene rings is 1. The predicted octanol–water partition coefficient (Wildman–Crippen LogP) is 2.38. The summed E-state index contributed by atoms with van der Waals surface area (Å²) in [5.41, 5.74) is 0.503. The molecule has 2 rings (SSSR count). The Hall–Kier alpha value is -1.36. The molecule has 0 saturated carbocycles. The second-order valence-corrected chi connectivity index (χ2v) is 3.52. The lowest BCUT2D eigenvalue weighted by Gasteiger charge is -2.08. The van der Waals surface area contributed by atoms with Crippen molar-refractivity contribution in [3.05, 3.63) is 40.4 Å². The minimum atomic E-state index is -0.183. The fourth-order valence-corrected chi connectivity index (χ4v) is 1.79. The molecular formula is C12H15BrN2O2. The van der Waals surface area contributed by atoms with Crippen LogP contribution in [0.25, 0.3) is 10.9 Å². The number of hydrogen-bond donors (Lipinski definition) is 0. The summed E-state index contributed by atoms with van der Waals surface area (Å²) >= 11 is 3.27. The Labute approximate surface area is 108 Å². The molecule has 4 nitrogen and oxygen atoms in total. The van der Waals surface area contributed by atoms with Crippen LogP contribution in [0.3, 0.4) is 0 Å². The van der Waals surface area contributed by atoms with Crippen LogP contribution in [0.1, 0.15) is 19.7 Å². The van der Waals surface area contributed by atoms with E-state index in [1.807, 2.05) is 26.0 Å². The van der Waals surface area contributed by atoms with Crippen LogP contribution in [0.15, 0.2) is 29.1 Å². The van der Waals surface area contributed by atoms with Gasteiger partial charge >= 0.3 is 0 Å². The Balaban J connectivity index is 0.000000686. The van der Waals surface area contributed by atoms with Gasteiger partial charge in [-0.15, -0.1) is 4.73 Å². The molecule has 0 aliphatic rings. The Kier molecular flexibility index (Phi) is 5.15. The van der Waals surface area contributed by atoms with E-state index in [0.29, 0.717) is 22.1 Å². The first kappa shape index (κ1) is 13.7. The Morgan fingerprint density at radius 2 is 2.00 bits per heavy atom. The van der Waals surface area contributed by atoms with E-state index in [1.54, 1.807) is 12.1 Å². The van der Waals surface area contributed by atoms with Gasteiger partial charge < -0.3 is 4.84 Å². The number of fused-ring (bicyclic) bond motifs is 1. The lowest BCUT2D eigenvalue weighted by atomic mass is 10.2. The van der Waals surface area contributed by atoms with Gasteiger partial charge in [0, 0.05) is 0 Å². The van der Waals surface area contributed by atoms with E-state index >= 15 is 0 Å². The molecule has 0 bridgehead atoms. The van der Waals surface area contributed by atoms with Crippen molar-refractivity contribution >= 4 is 26.8 Å². The molecule has 1 heterocycles. The topological polar surface area (TPSA) is 44.1 Å². The van der Waals surface area contributed by atoms with Crippen LogP contribution in [-0.2, 0) is 5.33 Å². The minimum Gasteiger partial charge on any atom is -0.412 e. The lowest BCUT2D eigenvalue weighted by Crippen LogP contribution is -2.28. The molecule has 0 atom stereocenters. The summed E-state index contributed by atoms with van der Waals surface area (Å²) in [4.78, 5) is 21.2. The summed E-state index contributed by atoms with van der Waals surface area (Å²) in [6.07, 6.45) is 0. The van der Waals surface area contributed by atoms with Gasteiger partial charge in [-0.05, 0) is 12.1 Å². The van der Waals surface area contributed by atoms with Crippen molar-refractivity contribution in [2.24, 2.45) is 0 Å². The second kappa shape index (κ2) is 6.39. The molecule has 0 unspecified atom stereocenters. The molecule has 2 aromatic rings. The molecule has 0 amide bonds. The van der Waals surface area contributed by atoms with Crippen molar-refractivity contribution < 1.29 is 4.84 Å². The fraction of sp³-hybridized carbons (Fsp3) is 0.333. The van der Waals surface area contributed by atoms with Gasteiger partial charge in [-0.1, -0.05) is 41.9 Å². The number of alkyl halides is 1. The average Bonchev–Trinajstić information content (AvgIpc) is 2.41. The number of halogens is 1. The maximum Gasteiger partial charge on any atom is 0.294 e. The van der Waals surface area contributed by atoms with Crippen LogP contribution in [0, 0.1) is 0 Å². The van der Waals surface area contributed by atoms with Crippen LogP contribution in [0.2, 0.25) is 0 Å². The van der Waals surface area contributed by atoms with Crippen molar-refractivity contribution in [3.63, 3.8) is 0 Å². The number of nitrogens with zero attached hydrogens (tertiary/aromatic N) is 2. The SMILES string of the molecule is CC.COn1c(CBr)nc2ccccc2c1=O. The first-order valence-electron chi connectivity index (χ1n) is 5.39. The molecule has 1 aromatic carbocycles. The normalized spacial score (nSPS) is 9.65. The third-order valence-corrected chi connectivity index (χ3v) is 2.61. The van der Waals surface area contributed by atoms with Crippen LogP contribution >= 0.6 is 15.9 Å². The van der Waals surface area contributed by atoms with Gasteiger partial charge in [-0.3, -0.25) is 4.79 Å². The zero-order chi connectivity index (χ0) is 12.8. The molecular weight excluding hydrogens is 284 g/mol. The van der Waals surface area contributed by atoms with Gasteiger partial charge in [0.15, 0.2) is 5.82 Å². The number of hydrogen-bond acceptors (Lipinski definition) is 3. The van der Waals surface area contributed by atoms with E-state index in [4.69, 9.17) is 4.84 Å². The molecule has 5 heteroatoms. The molecule has 0 spiro atoms. The largest absolute Gasteiger partial charge is 0.412 e. The van der Waals surface area contributed by atoms with Crippen LogP contribution < -0.4 is 10.4 Å². The van der Waals surface area contributed by atoms with Gasteiger partial charge in [0.2, 0.25) is 0 Å². The Morgan fingerprint density at radius 1 is 1.35 bits per heavy atom. The molecule has 0 saturated heterocycles.